The number of rotatable bonds is 7. The van der Waals surface area contributed by atoms with Crippen molar-refractivity contribution in [3.05, 3.63) is 29.6 Å². The Hall–Kier alpha value is -2.88. The average molecular weight is 438 g/mol. The number of hydrogen-bond donors (Lipinski definition) is 1. The number of carbonyl (C=O) groups excluding carboxylic acids is 1. The topological polar surface area (TPSA) is 99.1 Å². The maximum absolute atomic E-state index is 13.1. The molecule has 0 unspecified atom stereocenters. The van der Waals surface area contributed by atoms with Crippen molar-refractivity contribution >= 4 is 21.6 Å². The Kier molecular flexibility index (Phi) is 6.16. The third kappa shape index (κ3) is 3.91. The first kappa shape index (κ1) is 21.8. The van der Waals surface area contributed by atoms with Crippen LogP contribution in [0.2, 0.25) is 0 Å². The van der Waals surface area contributed by atoms with Gasteiger partial charge in [0.05, 0.1) is 27.0 Å². The van der Waals surface area contributed by atoms with Gasteiger partial charge in [0.25, 0.3) is 15.9 Å². The fourth-order valence-corrected chi connectivity index (χ4v) is 4.91. The van der Waals surface area contributed by atoms with Crippen molar-refractivity contribution in [2.75, 3.05) is 39.1 Å². The van der Waals surface area contributed by atoms with Crippen LogP contribution in [-0.2, 0) is 17.1 Å². The molecule has 164 valence electrons. The molecule has 1 aromatic heterocycles. The van der Waals surface area contributed by atoms with Gasteiger partial charge in [0.15, 0.2) is 11.5 Å². The van der Waals surface area contributed by atoms with Crippen molar-refractivity contribution in [3.8, 4) is 17.2 Å². The Balaban J connectivity index is 1.97. The summed E-state index contributed by atoms with van der Waals surface area (Å²) < 4.78 is 46.2. The van der Waals surface area contributed by atoms with Crippen LogP contribution in [0, 0.1) is 6.92 Å². The predicted molar refractivity (Wildman–Crippen MR) is 112 cm³/mol. The quantitative estimate of drug-likeness (QED) is 0.714. The lowest BCUT2D eigenvalue weighted by Crippen LogP contribution is -2.29. The molecule has 9 nitrogen and oxygen atoms in total. The molecule has 2 heterocycles. The van der Waals surface area contributed by atoms with Gasteiger partial charge < -0.3 is 23.7 Å². The Labute approximate surface area is 176 Å². The number of anilines is 1. The largest absolute Gasteiger partial charge is 0.493 e. The fourth-order valence-electron chi connectivity index (χ4n) is 3.58. The van der Waals surface area contributed by atoms with E-state index in [4.69, 9.17) is 14.2 Å². The summed E-state index contributed by atoms with van der Waals surface area (Å²) in [4.78, 5) is 14.6. The highest BCUT2D eigenvalue weighted by atomic mass is 32.2. The number of amides is 1. The number of carbonyl (C=O) groups is 1. The number of sulfonamides is 1. The zero-order valence-corrected chi connectivity index (χ0v) is 18.6. The van der Waals surface area contributed by atoms with Gasteiger partial charge in [-0.05, 0) is 25.8 Å². The second kappa shape index (κ2) is 8.47. The van der Waals surface area contributed by atoms with E-state index in [1.54, 1.807) is 23.4 Å². The first-order valence-corrected chi connectivity index (χ1v) is 11.0. The first-order valence-electron chi connectivity index (χ1n) is 9.52. The second-order valence-corrected chi connectivity index (χ2v) is 8.71. The molecular formula is C20H27N3O6S. The average Bonchev–Trinajstić information content (AvgIpc) is 3.36. The molecule has 0 spiro atoms. The van der Waals surface area contributed by atoms with Crippen LogP contribution in [-0.4, -0.2) is 58.2 Å². The van der Waals surface area contributed by atoms with Crippen LogP contribution < -0.4 is 18.9 Å². The molecular weight excluding hydrogens is 410 g/mol. The van der Waals surface area contributed by atoms with E-state index in [1.807, 2.05) is 0 Å². The van der Waals surface area contributed by atoms with Crippen molar-refractivity contribution in [1.29, 1.82) is 0 Å². The van der Waals surface area contributed by atoms with Gasteiger partial charge in [0.2, 0.25) is 5.75 Å². The van der Waals surface area contributed by atoms with Gasteiger partial charge >= 0.3 is 0 Å². The van der Waals surface area contributed by atoms with Gasteiger partial charge in [-0.15, -0.1) is 0 Å². The van der Waals surface area contributed by atoms with Gasteiger partial charge in [-0.25, -0.2) is 8.42 Å². The normalized spacial score (nSPS) is 14.0. The number of ether oxygens (including phenoxy) is 3. The Morgan fingerprint density at radius 3 is 2.07 bits per heavy atom. The van der Waals surface area contributed by atoms with E-state index >= 15 is 0 Å². The molecule has 30 heavy (non-hydrogen) atoms. The lowest BCUT2D eigenvalue weighted by Gasteiger charge is -2.15. The second-order valence-electron chi connectivity index (χ2n) is 7.06. The summed E-state index contributed by atoms with van der Waals surface area (Å²) >= 11 is 0. The summed E-state index contributed by atoms with van der Waals surface area (Å²) in [6.07, 6.45) is 1.92. The summed E-state index contributed by atoms with van der Waals surface area (Å²) in [5.74, 6) is 0.845. The summed E-state index contributed by atoms with van der Waals surface area (Å²) in [6.45, 7) is 3.05. The van der Waals surface area contributed by atoms with Crippen molar-refractivity contribution in [1.82, 2.24) is 9.47 Å². The number of benzene rings is 1. The highest BCUT2D eigenvalue weighted by Crippen LogP contribution is 2.40. The number of nitrogens with one attached hydrogen (secondary N) is 1. The van der Waals surface area contributed by atoms with Crippen molar-refractivity contribution in [3.63, 3.8) is 0 Å². The van der Waals surface area contributed by atoms with E-state index < -0.39 is 10.0 Å². The Bertz CT molecular complexity index is 1030. The van der Waals surface area contributed by atoms with Crippen LogP contribution >= 0.6 is 0 Å². The molecule has 0 aliphatic carbocycles. The molecule has 0 radical (unpaired) electrons. The van der Waals surface area contributed by atoms with Crippen LogP contribution in [0.3, 0.4) is 0 Å². The van der Waals surface area contributed by atoms with Gasteiger partial charge in [-0.2, -0.15) is 0 Å². The molecule has 0 bridgehead atoms. The van der Waals surface area contributed by atoms with Crippen LogP contribution in [0.1, 0.15) is 29.0 Å². The maximum atomic E-state index is 13.1. The number of nitrogens with zero attached hydrogens (tertiary/aromatic N) is 2. The lowest BCUT2D eigenvalue weighted by atomic mass is 10.2. The Morgan fingerprint density at radius 2 is 1.57 bits per heavy atom. The molecule has 3 rings (SSSR count). The first-order chi connectivity index (χ1) is 14.2. The molecule has 1 aliphatic heterocycles. The minimum atomic E-state index is -3.97. The highest BCUT2D eigenvalue weighted by molar-refractivity contribution is 7.92. The van der Waals surface area contributed by atoms with Crippen molar-refractivity contribution < 1.29 is 27.4 Å². The maximum Gasteiger partial charge on any atom is 0.270 e. The third-order valence-corrected chi connectivity index (χ3v) is 6.80. The zero-order valence-electron chi connectivity index (χ0n) is 17.8. The number of aromatic nitrogens is 1. The molecule has 0 saturated carbocycles. The minimum absolute atomic E-state index is 0.0429. The van der Waals surface area contributed by atoms with E-state index in [2.05, 4.69) is 4.72 Å². The zero-order chi connectivity index (χ0) is 22.1. The number of hydrogen-bond acceptors (Lipinski definition) is 6. The molecule has 1 amide bonds. The summed E-state index contributed by atoms with van der Waals surface area (Å²) in [5.41, 5.74) is 1.07. The standard InChI is InChI=1S/C20H27N3O6S/c1-13-18(12-15(22(13)2)20(24)23-8-6-7-9-23)30(25,26)21-14-10-16(27-3)19(29-5)17(11-14)28-4/h10-12,21H,6-9H2,1-5H3. The lowest BCUT2D eigenvalue weighted by molar-refractivity contribution is 0.0783. The summed E-state index contributed by atoms with van der Waals surface area (Å²) in [7, 11) is 2.10. The van der Waals surface area contributed by atoms with Crippen LogP contribution in [0.15, 0.2) is 23.1 Å². The molecule has 1 aliphatic rings. The van der Waals surface area contributed by atoms with Crippen LogP contribution in [0.5, 0.6) is 17.2 Å². The number of methoxy groups -OCH3 is 3. The number of likely N-dealkylation sites (tertiary alicyclic amines) is 1. The van der Waals surface area contributed by atoms with Gasteiger partial charge in [0.1, 0.15) is 10.6 Å². The summed E-state index contributed by atoms with van der Waals surface area (Å²) in [5, 5.41) is 0. The highest BCUT2D eigenvalue weighted by Gasteiger charge is 2.28. The summed E-state index contributed by atoms with van der Waals surface area (Å²) in [6, 6.07) is 4.44. The predicted octanol–water partition coefficient (Wildman–Crippen LogP) is 2.40. The fraction of sp³-hybridized carbons (Fsp3) is 0.450. The Morgan fingerprint density at radius 1 is 1.00 bits per heavy atom. The molecule has 1 aromatic carbocycles. The van der Waals surface area contributed by atoms with Gasteiger partial charge in [-0.1, -0.05) is 0 Å². The smallest absolute Gasteiger partial charge is 0.270 e. The van der Waals surface area contributed by atoms with Crippen molar-refractivity contribution in [2.45, 2.75) is 24.7 Å². The van der Waals surface area contributed by atoms with E-state index in [-0.39, 0.29) is 16.5 Å². The van der Waals surface area contributed by atoms with Crippen LogP contribution in [0.4, 0.5) is 5.69 Å². The third-order valence-electron chi connectivity index (χ3n) is 5.31. The molecule has 1 N–H and O–H groups in total. The van der Waals surface area contributed by atoms with E-state index in [1.165, 1.54) is 39.5 Å². The minimum Gasteiger partial charge on any atom is -0.493 e. The molecule has 0 atom stereocenters. The molecule has 2 aromatic rings. The molecule has 1 fully saturated rings. The monoisotopic (exact) mass is 437 g/mol. The van der Waals surface area contributed by atoms with E-state index in [0.29, 0.717) is 41.7 Å². The molecule has 10 heteroatoms. The SMILES string of the molecule is COc1cc(NS(=O)(=O)c2cc(C(=O)N3CCCC3)n(C)c2C)cc(OC)c1OC. The van der Waals surface area contributed by atoms with Crippen molar-refractivity contribution in [2.24, 2.45) is 7.05 Å². The van der Waals surface area contributed by atoms with Gasteiger partial charge in [0, 0.05) is 38.0 Å². The van der Waals surface area contributed by atoms with Gasteiger partial charge in [-0.3, -0.25) is 9.52 Å². The van der Waals surface area contributed by atoms with E-state index in [9.17, 15) is 13.2 Å². The van der Waals surface area contributed by atoms with Crippen LogP contribution in [0.25, 0.3) is 0 Å². The molecule has 1 saturated heterocycles. The van der Waals surface area contributed by atoms with E-state index in [0.717, 1.165) is 12.8 Å².